The summed E-state index contributed by atoms with van der Waals surface area (Å²) >= 11 is 0.980. The zero-order chi connectivity index (χ0) is 17.8. The van der Waals surface area contributed by atoms with Crippen molar-refractivity contribution in [2.24, 2.45) is 0 Å². The standard InChI is InChI=1S/C18H17F2NO3S/c1-21(10-12-2-5-15-16(8-12)24-7-6-23-15)18(22)11-25-17-9-13(19)3-4-14(17)20/h2-5,8-9H,6-7,10-11H2,1H3. The molecule has 2 aromatic rings. The molecule has 0 aliphatic carbocycles. The van der Waals surface area contributed by atoms with Gasteiger partial charge in [-0.05, 0) is 35.9 Å². The minimum Gasteiger partial charge on any atom is -0.486 e. The number of ether oxygens (including phenoxy) is 2. The van der Waals surface area contributed by atoms with Crippen LogP contribution in [0, 0.1) is 11.6 Å². The zero-order valence-electron chi connectivity index (χ0n) is 13.6. The number of thioether (sulfide) groups is 1. The van der Waals surface area contributed by atoms with Crippen molar-refractivity contribution < 1.29 is 23.0 Å². The van der Waals surface area contributed by atoms with E-state index < -0.39 is 11.6 Å². The van der Waals surface area contributed by atoms with E-state index in [0.717, 1.165) is 35.5 Å². The maximum atomic E-state index is 13.6. The van der Waals surface area contributed by atoms with Crippen molar-refractivity contribution in [1.82, 2.24) is 4.90 Å². The minimum atomic E-state index is -0.534. The molecule has 0 radical (unpaired) electrons. The van der Waals surface area contributed by atoms with Crippen molar-refractivity contribution in [3.8, 4) is 11.5 Å². The average Bonchev–Trinajstić information content (AvgIpc) is 2.62. The molecule has 0 unspecified atom stereocenters. The molecular weight excluding hydrogens is 348 g/mol. The first-order chi connectivity index (χ1) is 12.0. The summed E-state index contributed by atoms with van der Waals surface area (Å²) in [7, 11) is 1.67. The monoisotopic (exact) mass is 365 g/mol. The lowest BCUT2D eigenvalue weighted by molar-refractivity contribution is -0.127. The fourth-order valence-electron chi connectivity index (χ4n) is 2.39. The molecule has 1 heterocycles. The maximum absolute atomic E-state index is 13.6. The highest BCUT2D eigenvalue weighted by Crippen LogP contribution is 2.31. The lowest BCUT2D eigenvalue weighted by Gasteiger charge is -2.21. The van der Waals surface area contributed by atoms with Crippen LogP contribution in [-0.4, -0.2) is 36.8 Å². The summed E-state index contributed by atoms with van der Waals surface area (Å²) in [5, 5.41) is 0. The third-order valence-corrected chi connectivity index (χ3v) is 4.71. The molecule has 1 amide bonds. The van der Waals surface area contributed by atoms with Gasteiger partial charge in [0.05, 0.1) is 5.75 Å². The first-order valence-electron chi connectivity index (χ1n) is 7.73. The number of halogens is 2. The van der Waals surface area contributed by atoms with Crippen LogP contribution in [0.3, 0.4) is 0 Å². The van der Waals surface area contributed by atoms with Crippen molar-refractivity contribution in [2.45, 2.75) is 11.4 Å². The van der Waals surface area contributed by atoms with Gasteiger partial charge in [0.1, 0.15) is 24.8 Å². The number of benzene rings is 2. The second-order valence-electron chi connectivity index (χ2n) is 5.59. The molecule has 1 aliphatic rings. The molecule has 0 bridgehead atoms. The van der Waals surface area contributed by atoms with Crippen molar-refractivity contribution in [3.63, 3.8) is 0 Å². The number of fused-ring (bicyclic) bond motifs is 1. The first-order valence-corrected chi connectivity index (χ1v) is 8.72. The Morgan fingerprint density at radius 1 is 1.12 bits per heavy atom. The molecule has 0 N–H and O–H groups in total. The zero-order valence-corrected chi connectivity index (χ0v) is 14.4. The number of hydrogen-bond donors (Lipinski definition) is 0. The smallest absolute Gasteiger partial charge is 0.232 e. The number of carbonyl (C=O) groups is 1. The van der Waals surface area contributed by atoms with Crippen molar-refractivity contribution in [1.29, 1.82) is 0 Å². The first kappa shape index (κ1) is 17.5. The molecule has 132 valence electrons. The summed E-state index contributed by atoms with van der Waals surface area (Å²) in [5.74, 6) is 0.154. The van der Waals surface area contributed by atoms with E-state index in [2.05, 4.69) is 0 Å². The lowest BCUT2D eigenvalue weighted by Crippen LogP contribution is -2.28. The molecule has 7 heteroatoms. The van der Waals surface area contributed by atoms with E-state index in [-0.39, 0.29) is 16.6 Å². The van der Waals surface area contributed by atoms with E-state index in [4.69, 9.17) is 9.47 Å². The Kier molecular flexibility index (Phi) is 5.43. The van der Waals surface area contributed by atoms with Gasteiger partial charge in [-0.2, -0.15) is 0 Å². The molecule has 0 saturated heterocycles. The third kappa shape index (κ3) is 4.42. The van der Waals surface area contributed by atoms with Gasteiger partial charge in [0, 0.05) is 18.5 Å². The molecule has 4 nitrogen and oxygen atoms in total. The fraction of sp³-hybridized carbons (Fsp3) is 0.278. The predicted octanol–water partition coefficient (Wildman–Crippen LogP) is 3.49. The number of carbonyl (C=O) groups excluding carboxylic acids is 1. The topological polar surface area (TPSA) is 38.8 Å². The van der Waals surface area contributed by atoms with Crippen LogP contribution in [0.2, 0.25) is 0 Å². The largest absolute Gasteiger partial charge is 0.486 e. The highest BCUT2D eigenvalue weighted by atomic mass is 32.2. The molecule has 25 heavy (non-hydrogen) atoms. The normalized spacial score (nSPS) is 12.8. The molecule has 2 aromatic carbocycles. The second-order valence-corrected chi connectivity index (χ2v) is 6.61. The highest BCUT2D eigenvalue weighted by Gasteiger charge is 2.15. The molecule has 0 fully saturated rings. The number of amides is 1. The molecule has 0 atom stereocenters. The highest BCUT2D eigenvalue weighted by molar-refractivity contribution is 8.00. The van der Waals surface area contributed by atoms with E-state index in [0.29, 0.717) is 31.3 Å². The van der Waals surface area contributed by atoms with Crippen molar-refractivity contribution >= 4 is 17.7 Å². The van der Waals surface area contributed by atoms with E-state index in [1.165, 1.54) is 4.90 Å². The van der Waals surface area contributed by atoms with E-state index in [1.807, 2.05) is 18.2 Å². The Morgan fingerprint density at radius 2 is 1.88 bits per heavy atom. The lowest BCUT2D eigenvalue weighted by atomic mass is 10.2. The van der Waals surface area contributed by atoms with Crippen molar-refractivity contribution in [2.75, 3.05) is 26.0 Å². The van der Waals surface area contributed by atoms with Crippen LogP contribution in [0.25, 0.3) is 0 Å². The Hall–Kier alpha value is -2.28. The van der Waals surface area contributed by atoms with Crippen LogP contribution in [0.5, 0.6) is 11.5 Å². The van der Waals surface area contributed by atoms with Crippen LogP contribution in [0.4, 0.5) is 8.78 Å². The molecule has 0 saturated carbocycles. The summed E-state index contributed by atoms with van der Waals surface area (Å²) in [6, 6.07) is 8.73. The fourth-order valence-corrected chi connectivity index (χ4v) is 3.29. The molecule has 3 rings (SSSR count). The van der Waals surface area contributed by atoms with Crippen LogP contribution < -0.4 is 9.47 Å². The van der Waals surface area contributed by atoms with E-state index in [9.17, 15) is 13.6 Å². The van der Waals surface area contributed by atoms with Gasteiger partial charge < -0.3 is 14.4 Å². The van der Waals surface area contributed by atoms with Gasteiger partial charge in [0.2, 0.25) is 5.91 Å². The summed E-state index contributed by atoms with van der Waals surface area (Å²) in [5.41, 5.74) is 0.905. The Bertz CT molecular complexity index is 785. The Labute approximate surface area is 148 Å². The van der Waals surface area contributed by atoms with Gasteiger partial charge in [0.25, 0.3) is 0 Å². The third-order valence-electron chi connectivity index (χ3n) is 3.70. The summed E-state index contributed by atoms with van der Waals surface area (Å²) < 4.78 is 37.7. The molecule has 0 spiro atoms. The number of rotatable bonds is 5. The van der Waals surface area contributed by atoms with Crippen LogP contribution in [0.1, 0.15) is 5.56 Å². The van der Waals surface area contributed by atoms with E-state index >= 15 is 0 Å². The minimum absolute atomic E-state index is 0.0292. The number of nitrogens with zero attached hydrogens (tertiary/aromatic N) is 1. The summed E-state index contributed by atoms with van der Waals surface area (Å²) in [6.07, 6.45) is 0. The predicted molar refractivity (Wildman–Crippen MR) is 91.0 cm³/mol. The van der Waals surface area contributed by atoms with E-state index in [1.54, 1.807) is 7.05 Å². The van der Waals surface area contributed by atoms with Gasteiger partial charge in [-0.3, -0.25) is 4.79 Å². The Morgan fingerprint density at radius 3 is 2.68 bits per heavy atom. The van der Waals surface area contributed by atoms with Gasteiger partial charge in [0.15, 0.2) is 11.5 Å². The van der Waals surface area contributed by atoms with Crippen LogP contribution in [-0.2, 0) is 11.3 Å². The number of hydrogen-bond acceptors (Lipinski definition) is 4. The molecule has 0 aromatic heterocycles. The summed E-state index contributed by atoms with van der Waals surface area (Å²) in [6.45, 7) is 1.42. The van der Waals surface area contributed by atoms with Gasteiger partial charge in [-0.25, -0.2) is 8.78 Å². The van der Waals surface area contributed by atoms with Crippen LogP contribution >= 0.6 is 11.8 Å². The SMILES string of the molecule is CN(Cc1ccc2c(c1)OCCO2)C(=O)CSc1cc(F)ccc1F. The van der Waals surface area contributed by atoms with Gasteiger partial charge in [-0.15, -0.1) is 11.8 Å². The molecule has 1 aliphatic heterocycles. The quantitative estimate of drug-likeness (QED) is 0.761. The maximum Gasteiger partial charge on any atom is 0.232 e. The van der Waals surface area contributed by atoms with Gasteiger partial charge in [-0.1, -0.05) is 6.07 Å². The van der Waals surface area contributed by atoms with Crippen LogP contribution in [0.15, 0.2) is 41.3 Å². The van der Waals surface area contributed by atoms with Gasteiger partial charge >= 0.3 is 0 Å². The molecular formula is C18H17F2NO3S. The Balaban J connectivity index is 1.58. The van der Waals surface area contributed by atoms with Crippen molar-refractivity contribution in [3.05, 3.63) is 53.6 Å². The second kappa shape index (κ2) is 7.74. The summed E-state index contributed by atoms with van der Waals surface area (Å²) in [4.78, 5) is 13.9. The average molecular weight is 365 g/mol.